The summed E-state index contributed by atoms with van der Waals surface area (Å²) in [5.74, 6) is -1.35. The number of hydrogen-bond acceptors (Lipinski definition) is 5. The van der Waals surface area contributed by atoms with Crippen LogP contribution >= 0.6 is 11.8 Å². The molecule has 2 aromatic heterocycles. The highest BCUT2D eigenvalue weighted by molar-refractivity contribution is 7.99. The van der Waals surface area contributed by atoms with Crippen LogP contribution in [0.2, 0.25) is 0 Å². The van der Waals surface area contributed by atoms with Crippen LogP contribution in [-0.2, 0) is 0 Å². The summed E-state index contributed by atoms with van der Waals surface area (Å²) in [6.07, 6.45) is 1.54. The Balaban J connectivity index is 1.63. The maximum atomic E-state index is 13.4. The second-order valence-corrected chi connectivity index (χ2v) is 6.74. The molecular formula is C20H13F2N3O2S. The number of thioether (sulfide) groups is 1. The number of benzene rings is 2. The van der Waals surface area contributed by atoms with E-state index in [2.05, 4.69) is 10.2 Å². The van der Waals surface area contributed by atoms with Crippen LogP contribution in [0.15, 0.2) is 76.5 Å². The topological polar surface area (TPSA) is 60.9 Å². The molecule has 2 aromatic carbocycles. The summed E-state index contributed by atoms with van der Waals surface area (Å²) < 4.78 is 33.7. The maximum absolute atomic E-state index is 13.4. The van der Waals surface area contributed by atoms with E-state index in [1.54, 1.807) is 23.0 Å². The highest BCUT2D eigenvalue weighted by Crippen LogP contribution is 2.28. The molecular weight excluding hydrogens is 384 g/mol. The first-order valence-corrected chi connectivity index (χ1v) is 9.28. The fourth-order valence-electron chi connectivity index (χ4n) is 2.62. The van der Waals surface area contributed by atoms with Gasteiger partial charge in [0.1, 0.15) is 0 Å². The molecule has 140 valence electrons. The van der Waals surface area contributed by atoms with Crippen molar-refractivity contribution in [2.45, 2.75) is 5.16 Å². The molecule has 8 heteroatoms. The number of para-hydroxylation sites is 1. The Hall–Kier alpha value is -3.26. The molecule has 28 heavy (non-hydrogen) atoms. The first-order chi connectivity index (χ1) is 13.6. The maximum Gasteiger partial charge on any atom is 0.205 e. The molecule has 4 aromatic rings. The summed E-state index contributed by atoms with van der Waals surface area (Å²) in [4.78, 5) is 12.4. The predicted molar refractivity (Wildman–Crippen MR) is 100 cm³/mol. The SMILES string of the molecule is O=C(CSc1nnc(-c2ccco2)n1-c1ccccc1)c1ccc(F)c(F)c1. The van der Waals surface area contributed by atoms with Crippen LogP contribution in [0.1, 0.15) is 10.4 Å². The second kappa shape index (κ2) is 7.77. The zero-order valence-electron chi connectivity index (χ0n) is 14.4. The molecule has 2 heterocycles. The number of hydrogen-bond donors (Lipinski definition) is 0. The van der Waals surface area contributed by atoms with Crippen molar-refractivity contribution in [3.05, 3.63) is 84.1 Å². The van der Waals surface area contributed by atoms with Crippen molar-refractivity contribution in [2.24, 2.45) is 0 Å². The third-order valence-electron chi connectivity index (χ3n) is 3.96. The third kappa shape index (κ3) is 3.59. The van der Waals surface area contributed by atoms with E-state index in [0.29, 0.717) is 16.7 Å². The monoisotopic (exact) mass is 397 g/mol. The quantitative estimate of drug-likeness (QED) is 0.346. The summed E-state index contributed by atoms with van der Waals surface area (Å²) in [6, 6.07) is 16.0. The van der Waals surface area contributed by atoms with Gasteiger partial charge in [-0.2, -0.15) is 0 Å². The third-order valence-corrected chi connectivity index (χ3v) is 4.89. The number of ketones is 1. The van der Waals surface area contributed by atoms with Crippen molar-refractivity contribution in [1.82, 2.24) is 14.8 Å². The van der Waals surface area contributed by atoms with Gasteiger partial charge in [0.2, 0.25) is 5.82 Å². The lowest BCUT2D eigenvalue weighted by Gasteiger charge is -2.09. The van der Waals surface area contributed by atoms with Gasteiger partial charge in [0.25, 0.3) is 0 Å². The van der Waals surface area contributed by atoms with Crippen LogP contribution in [-0.4, -0.2) is 26.3 Å². The molecule has 0 fully saturated rings. The number of Topliss-reactive ketones (excluding diaryl/α,β-unsaturated/α-hetero) is 1. The Labute approximate surface area is 163 Å². The van der Waals surface area contributed by atoms with Crippen LogP contribution < -0.4 is 0 Å². The van der Waals surface area contributed by atoms with Crippen molar-refractivity contribution in [3.63, 3.8) is 0 Å². The molecule has 0 bridgehead atoms. The van der Waals surface area contributed by atoms with E-state index in [1.807, 2.05) is 30.3 Å². The minimum absolute atomic E-state index is 0.00576. The van der Waals surface area contributed by atoms with Crippen LogP contribution in [0.3, 0.4) is 0 Å². The van der Waals surface area contributed by atoms with Crippen molar-refractivity contribution < 1.29 is 18.0 Å². The molecule has 0 N–H and O–H groups in total. The lowest BCUT2D eigenvalue weighted by Crippen LogP contribution is -2.05. The Morgan fingerprint density at radius 3 is 2.54 bits per heavy atom. The standard InChI is InChI=1S/C20H13F2N3O2S/c21-15-9-8-13(11-16(15)22)17(26)12-28-20-24-23-19(18-7-4-10-27-18)25(20)14-5-2-1-3-6-14/h1-11H,12H2. The van der Waals surface area contributed by atoms with Crippen LogP contribution in [0, 0.1) is 11.6 Å². The Morgan fingerprint density at radius 1 is 1.00 bits per heavy atom. The Morgan fingerprint density at radius 2 is 1.82 bits per heavy atom. The van der Waals surface area contributed by atoms with Gasteiger partial charge < -0.3 is 4.42 Å². The summed E-state index contributed by atoms with van der Waals surface area (Å²) in [5, 5.41) is 8.84. The molecule has 0 amide bonds. The highest BCUT2D eigenvalue weighted by Gasteiger charge is 2.19. The van der Waals surface area contributed by atoms with Crippen LogP contribution in [0.5, 0.6) is 0 Å². The molecule has 0 saturated heterocycles. The lowest BCUT2D eigenvalue weighted by molar-refractivity contribution is 0.102. The van der Waals surface area contributed by atoms with Crippen molar-refractivity contribution in [3.8, 4) is 17.3 Å². The fraction of sp³-hybridized carbons (Fsp3) is 0.0500. The lowest BCUT2D eigenvalue weighted by atomic mass is 10.1. The molecule has 0 atom stereocenters. The minimum atomic E-state index is -1.05. The zero-order valence-corrected chi connectivity index (χ0v) is 15.2. The second-order valence-electron chi connectivity index (χ2n) is 5.80. The average Bonchev–Trinajstić information content (AvgIpc) is 3.38. The molecule has 0 radical (unpaired) electrons. The van der Waals surface area contributed by atoms with Gasteiger partial charge in [0.15, 0.2) is 28.3 Å². The van der Waals surface area contributed by atoms with Crippen molar-refractivity contribution in [2.75, 3.05) is 5.75 Å². The van der Waals surface area contributed by atoms with Gasteiger partial charge in [-0.25, -0.2) is 8.78 Å². The Bertz CT molecular complexity index is 1110. The van der Waals surface area contributed by atoms with Crippen LogP contribution in [0.4, 0.5) is 8.78 Å². The first kappa shape index (κ1) is 18.1. The van der Waals surface area contributed by atoms with Crippen molar-refractivity contribution >= 4 is 17.5 Å². The van der Waals surface area contributed by atoms with Gasteiger partial charge in [-0.3, -0.25) is 9.36 Å². The normalized spacial score (nSPS) is 10.9. The summed E-state index contributed by atoms with van der Waals surface area (Å²) in [6.45, 7) is 0. The minimum Gasteiger partial charge on any atom is -0.461 e. The summed E-state index contributed by atoms with van der Waals surface area (Å²) >= 11 is 1.15. The molecule has 0 aliphatic rings. The highest BCUT2D eigenvalue weighted by atomic mass is 32.2. The van der Waals surface area contributed by atoms with E-state index in [4.69, 9.17) is 4.42 Å². The van der Waals surface area contributed by atoms with E-state index >= 15 is 0 Å². The number of nitrogens with zero attached hydrogens (tertiary/aromatic N) is 3. The van der Waals surface area contributed by atoms with E-state index < -0.39 is 11.6 Å². The number of rotatable bonds is 6. The average molecular weight is 397 g/mol. The van der Waals surface area contributed by atoms with E-state index in [1.165, 1.54) is 6.07 Å². The van der Waals surface area contributed by atoms with Crippen molar-refractivity contribution in [1.29, 1.82) is 0 Å². The fourth-order valence-corrected chi connectivity index (χ4v) is 3.47. The smallest absolute Gasteiger partial charge is 0.205 e. The molecule has 0 aliphatic heterocycles. The van der Waals surface area contributed by atoms with Gasteiger partial charge >= 0.3 is 0 Å². The van der Waals surface area contributed by atoms with Gasteiger partial charge in [-0.1, -0.05) is 30.0 Å². The predicted octanol–water partition coefficient (Wildman–Crippen LogP) is 4.78. The number of carbonyl (C=O) groups excluding carboxylic acids is 1. The number of halogens is 2. The van der Waals surface area contributed by atoms with Gasteiger partial charge in [-0.05, 0) is 42.5 Å². The summed E-state index contributed by atoms with van der Waals surface area (Å²) in [5.41, 5.74) is 0.908. The molecule has 0 spiro atoms. The Kier molecular flexibility index (Phi) is 5.03. The number of aromatic nitrogens is 3. The number of carbonyl (C=O) groups is 1. The van der Waals surface area contributed by atoms with Gasteiger partial charge in [-0.15, -0.1) is 10.2 Å². The summed E-state index contributed by atoms with van der Waals surface area (Å²) in [7, 11) is 0. The zero-order chi connectivity index (χ0) is 19.5. The number of furan rings is 1. The van der Waals surface area contributed by atoms with Gasteiger partial charge in [0, 0.05) is 11.3 Å². The molecule has 4 rings (SSSR count). The van der Waals surface area contributed by atoms with E-state index in [9.17, 15) is 13.6 Å². The van der Waals surface area contributed by atoms with Gasteiger partial charge in [0.05, 0.1) is 12.0 Å². The van der Waals surface area contributed by atoms with E-state index in [0.717, 1.165) is 29.6 Å². The first-order valence-electron chi connectivity index (χ1n) is 8.29. The molecule has 0 saturated carbocycles. The molecule has 0 unspecified atom stereocenters. The molecule has 0 aliphatic carbocycles. The van der Waals surface area contributed by atoms with E-state index in [-0.39, 0.29) is 17.1 Å². The van der Waals surface area contributed by atoms with Crippen LogP contribution in [0.25, 0.3) is 17.3 Å². The molecule has 5 nitrogen and oxygen atoms in total. The largest absolute Gasteiger partial charge is 0.461 e.